The predicted molar refractivity (Wildman–Crippen MR) is 85.2 cm³/mol. The fraction of sp³-hybridized carbons (Fsp3) is 0.267. The lowest BCUT2D eigenvalue weighted by atomic mass is 10.2. The topological polar surface area (TPSA) is 38.3 Å². The Labute approximate surface area is 126 Å². The molecule has 0 radical (unpaired) electrons. The first-order valence-corrected chi connectivity index (χ1v) is 8.02. The Morgan fingerprint density at radius 2 is 2.30 bits per heavy atom. The first kappa shape index (κ1) is 15.0. The maximum atomic E-state index is 11.7. The van der Waals surface area contributed by atoms with Crippen molar-refractivity contribution in [3.05, 3.63) is 50.4 Å². The summed E-state index contributed by atoms with van der Waals surface area (Å²) in [5, 5.41) is 6.84. The lowest BCUT2D eigenvalue weighted by Gasteiger charge is -2.13. The molecule has 1 amide bonds. The van der Waals surface area contributed by atoms with Crippen LogP contribution in [0.2, 0.25) is 0 Å². The lowest BCUT2D eigenvalue weighted by molar-refractivity contribution is -0.117. The van der Waals surface area contributed by atoms with Crippen LogP contribution in [0.5, 0.6) is 0 Å². The van der Waals surface area contributed by atoms with E-state index in [9.17, 15) is 4.79 Å². The average molecular weight is 307 g/mol. The summed E-state index contributed by atoms with van der Waals surface area (Å²) in [6.45, 7) is 2.53. The fourth-order valence-electron chi connectivity index (χ4n) is 1.72. The third-order valence-electron chi connectivity index (χ3n) is 2.80. The number of hydrogen-bond donors (Lipinski definition) is 1. The molecule has 2 rings (SSSR count). The summed E-state index contributed by atoms with van der Waals surface area (Å²) >= 11 is 3.30. The highest BCUT2D eigenvalue weighted by Gasteiger charge is 2.12. The molecule has 0 aliphatic carbocycles. The number of amides is 1. The summed E-state index contributed by atoms with van der Waals surface area (Å²) in [5.41, 5.74) is 1.04. The summed E-state index contributed by atoms with van der Waals surface area (Å²) in [6, 6.07) is 6.08. The van der Waals surface area contributed by atoms with Crippen LogP contribution in [0.4, 0.5) is 0 Å². The van der Waals surface area contributed by atoms with E-state index in [1.807, 2.05) is 29.0 Å². The van der Waals surface area contributed by atoms with Gasteiger partial charge in [0.25, 0.3) is 0 Å². The minimum Gasteiger partial charge on any atom is -0.374 e. The first-order valence-electron chi connectivity index (χ1n) is 6.26. The van der Waals surface area contributed by atoms with Crippen LogP contribution in [-0.4, -0.2) is 19.6 Å². The summed E-state index contributed by atoms with van der Waals surface area (Å²) in [7, 11) is 1.66. The molecule has 0 unspecified atom stereocenters. The zero-order valence-corrected chi connectivity index (χ0v) is 13.1. The largest absolute Gasteiger partial charge is 0.374 e. The normalized spacial score (nSPS) is 12.7. The van der Waals surface area contributed by atoms with Gasteiger partial charge in [-0.1, -0.05) is 0 Å². The van der Waals surface area contributed by atoms with Gasteiger partial charge in [-0.05, 0) is 47.5 Å². The van der Waals surface area contributed by atoms with Crippen molar-refractivity contribution in [1.29, 1.82) is 0 Å². The van der Waals surface area contributed by atoms with E-state index in [-0.39, 0.29) is 12.0 Å². The number of carbonyl (C=O) groups excluding carboxylic acids is 1. The maximum absolute atomic E-state index is 11.7. The molecular formula is C15H17NO2S2. The van der Waals surface area contributed by atoms with Crippen molar-refractivity contribution in [3.63, 3.8) is 0 Å². The Bertz CT molecular complexity index is 572. The third kappa shape index (κ3) is 4.30. The smallest absolute Gasteiger partial charge is 0.244 e. The number of hydrogen-bond acceptors (Lipinski definition) is 4. The van der Waals surface area contributed by atoms with Crippen molar-refractivity contribution >= 4 is 34.7 Å². The van der Waals surface area contributed by atoms with E-state index in [2.05, 4.69) is 18.3 Å². The van der Waals surface area contributed by atoms with Crippen LogP contribution >= 0.6 is 22.7 Å². The first-order chi connectivity index (χ1) is 9.69. The van der Waals surface area contributed by atoms with E-state index in [0.717, 1.165) is 10.4 Å². The Morgan fingerprint density at radius 1 is 1.45 bits per heavy atom. The van der Waals surface area contributed by atoms with Crippen LogP contribution in [-0.2, 0) is 9.53 Å². The van der Waals surface area contributed by atoms with Crippen LogP contribution in [0.1, 0.15) is 21.4 Å². The number of methoxy groups -OCH3 is 1. The summed E-state index contributed by atoms with van der Waals surface area (Å²) in [5.74, 6) is -0.105. The monoisotopic (exact) mass is 307 g/mol. The van der Waals surface area contributed by atoms with Gasteiger partial charge in [-0.25, -0.2) is 0 Å². The quantitative estimate of drug-likeness (QED) is 0.828. The number of carbonyl (C=O) groups is 1. The Hall–Kier alpha value is -1.43. The summed E-state index contributed by atoms with van der Waals surface area (Å²) in [6.07, 6.45) is 3.27. The van der Waals surface area contributed by atoms with Gasteiger partial charge in [0.05, 0.1) is 0 Å². The third-order valence-corrected chi connectivity index (χ3v) is 4.59. The summed E-state index contributed by atoms with van der Waals surface area (Å²) in [4.78, 5) is 14.1. The van der Waals surface area contributed by atoms with Crippen molar-refractivity contribution in [1.82, 2.24) is 5.32 Å². The van der Waals surface area contributed by atoms with E-state index in [1.165, 1.54) is 4.88 Å². The molecule has 2 aromatic heterocycles. The molecule has 0 fully saturated rings. The number of aryl methyl sites for hydroxylation is 1. The lowest BCUT2D eigenvalue weighted by Crippen LogP contribution is -2.27. The summed E-state index contributed by atoms with van der Waals surface area (Å²) < 4.78 is 5.42. The molecule has 106 valence electrons. The zero-order chi connectivity index (χ0) is 14.4. The van der Waals surface area contributed by atoms with Gasteiger partial charge in [-0.2, -0.15) is 11.3 Å². The molecule has 0 aliphatic heterocycles. The predicted octanol–water partition coefficient (Wildman–Crippen LogP) is 3.64. The number of nitrogens with one attached hydrogen (secondary N) is 1. The molecule has 0 aromatic carbocycles. The molecular weight excluding hydrogens is 290 g/mol. The van der Waals surface area contributed by atoms with Crippen molar-refractivity contribution in [3.8, 4) is 0 Å². The van der Waals surface area contributed by atoms with Crippen LogP contribution in [0, 0.1) is 6.92 Å². The Balaban J connectivity index is 1.85. The van der Waals surface area contributed by atoms with Crippen molar-refractivity contribution in [2.24, 2.45) is 0 Å². The number of rotatable bonds is 6. The van der Waals surface area contributed by atoms with Gasteiger partial charge in [-0.3, -0.25) is 4.79 Å². The minimum atomic E-state index is -0.105. The van der Waals surface area contributed by atoms with Gasteiger partial charge in [0.1, 0.15) is 6.10 Å². The fourth-order valence-corrected chi connectivity index (χ4v) is 3.30. The Kier molecular flexibility index (Phi) is 5.52. The molecule has 0 bridgehead atoms. The second-order valence-electron chi connectivity index (χ2n) is 4.31. The molecule has 1 N–H and O–H groups in total. The van der Waals surface area contributed by atoms with E-state index in [4.69, 9.17) is 4.74 Å². The maximum Gasteiger partial charge on any atom is 0.244 e. The molecule has 3 nitrogen and oxygen atoms in total. The number of ether oxygens (including phenoxy) is 1. The van der Waals surface area contributed by atoms with Gasteiger partial charge in [0.2, 0.25) is 5.91 Å². The van der Waals surface area contributed by atoms with E-state index < -0.39 is 0 Å². The standard InChI is InChI=1S/C15H17NO2S2/c1-11-3-5-14(20-11)13(18-2)9-16-15(17)6-4-12-7-8-19-10-12/h3-8,10,13H,9H2,1-2H3,(H,16,17)/b6-4+/t13-/m1/s1. The molecule has 0 saturated carbocycles. The van der Waals surface area contributed by atoms with E-state index >= 15 is 0 Å². The molecule has 5 heteroatoms. The second-order valence-corrected chi connectivity index (χ2v) is 6.41. The van der Waals surface area contributed by atoms with Crippen LogP contribution < -0.4 is 5.32 Å². The van der Waals surface area contributed by atoms with Gasteiger partial charge >= 0.3 is 0 Å². The van der Waals surface area contributed by atoms with Gasteiger partial charge in [-0.15, -0.1) is 11.3 Å². The molecule has 0 spiro atoms. The van der Waals surface area contributed by atoms with Gasteiger partial charge in [0.15, 0.2) is 0 Å². The minimum absolute atomic E-state index is 0.0906. The molecule has 20 heavy (non-hydrogen) atoms. The molecule has 1 atom stereocenters. The molecule has 2 aromatic rings. The van der Waals surface area contributed by atoms with Crippen molar-refractivity contribution in [2.45, 2.75) is 13.0 Å². The van der Waals surface area contributed by atoms with E-state index in [1.54, 1.807) is 35.9 Å². The molecule has 0 saturated heterocycles. The van der Waals surface area contributed by atoms with E-state index in [0.29, 0.717) is 6.54 Å². The highest BCUT2D eigenvalue weighted by atomic mass is 32.1. The SMILES string of the molecule is CO[C@H](CNC(=O)/C=C/c1ccsc1)c1ccc(C)s1. The molecule has 2 heterocycles. The van der Waals surface area contributed by atoms with Crippen LogP contribution in [0.15, 0.2) is 35.0 Å². The molecule has 0 aliphatic rings. The Morgan fingerprint density at radius 3 is 2.90 bits per heavy atom. The highest BCUT2D eigenvalue weighted by Crippen LogP contribution is 2.24. The van der Waals surface area contributed by atoms with Crippen molar-refractivity contribution in [2.75, 3.05) is 13.7 Å². The zero-order valence-electron chi connectivity index (χ0n) is 11.5. The van der Waals surface area contributed by atoms with Crippen LogP contribution in [0.3, 0.4) is 0 Å². The number of thiophene rings is 2. The highest BCUT2D eigenvalue weighted by molar-refractivity contribution is 7.12. The average Bonchev–Trinajstić information content (AvgIpc) is 3.09. The van der Waals surface area contributed by atoms with Crippen molar-refractivity contribution < 1.29 is 9.53 Å². The van der Waals surface area contributed by atoms with Gasteiger partial charge in [0, 0.05) is 29.5 Å². The second kappa shape index (κ2) is 7.38. The van der Waals surface area contributed by atoms with Crippen LogP contribution in [0.25, 0.3) is 6.08 Å². The van der Waals surface area contributed by atoms with Gasteiger partial charge < -0.3 is 10.1 Å².